The van der Waals surface area contributed by atoms with Crippen molar-refractivity contribution in [1.29, 1.82) is 0 Å². The van der Waals surface area contributed by atoms with Gasteiger partial charge in [-0.3, -0.25) is 0 Å². The Morgan fingerprint density at radius 2 is 1.00 bits per heavy atom. The molecule has 0 radical (unpaired) electrons. The number of benzene rings is 1. The van der Waals surface area contributed by atoms with Gasteiger partial charge in [-0.05, 0) is 36.4 Å². The second-order valence-electron chi connectivity index (χ2n) is 6.32. The molecule has 0 aliphatic carbocycles. The van der Waals surface area contributed by atoms with Crippen LogP contribution in [0.2, 0.25) is 0 Å². The SMILES string of the molecule is CC.CC.CC.Cc1nc2ccccc2o1.Cc1nc2cccnc2o1.Cc1nc2ncccc2o1. The maximum atomic E-state index is 5.26. The summed E-state index contributed by atoms with van der Waals surface area (Å²) >= 11 is 0. The van der Waals surface area contributed by atoms with Crippen LogP contribution in [0.1, 0.15) is 59.2 Å². The highest BCUT2D eigenvalue weighted by molar-refractivity contribution is 5.72. The zero-order chi connectivity index (χ0) is 26.9. The van der Waals surface area contributed by atoms with E-state index < -0.39 is 0 Å². The van der Waals surface area contributed by atoms with Gasteiger partial charge in [-0.2, -0.15) is 4.98 Å². The van der Waals surface area contributed by atoms with Crippen molar-refractivity contribution in [2.75, 3.05) is 0 Å². The Morgan fingerprint density at radius 3 is 1.67 bits per heavy atom. The van der Waals surface area contributed by atoms with E-state index in [1.807, 2.05) is 111 Å². The molecule has 0 fully saturated rings. The van der Waals surface area contributed by atoms with Crippen molar-refractivity contribution in [3.63, 3.8) is 0 Å². The zero-order valence-corrected chi connectivity index (χ0v) is 22.7. The van der Waals surface area contributed by atoms with Crippen LogP contribution in [0.3, 0.4) is 0 Å². The molecule has 0 unspecified atom stereocenters. The third-order valence-electron chi connectivity index (χ3n) is 3.95. The Labute approximate surface area is 212 Å². The first kappa shape index (κ1) is 30.0. The minimum absolute atomic E-state index is 0.611. The minimum atomic E-state index is 0.611. The smallest absolute Gasteiger partial charge is 0.246 e. The average molecular weight is 492 g/mol. The first-order chi connectivity index (χ1) is 17.6. The van der Waals surface area contributed by atoms with Gasteiger partial charge in [0.2, 0.25) is 5.71 Å². The molecule has 192 valence electrons. The zero-order valence-electron chi connectivity index (χ0n) is 22.7. The minimum Gasteiger partial charge on any atom is -0.441 e. The quantitative estimate of drug-likeness (QED) is 0.209. The van der Waals surface area contributed by atoms with E-state index in [1.54, 1.807) is 12.4 Å². The van der Waals surface area contributed by atoms with Crippen LogP contribution in [0.5, 0.6) is 0 Å². The predicted octanol–water partition coefficient (Wildman–Crippen LogP) is 8.28. The number of pyridine rings is 2. The number of rotatable bonds is 0. The first-order valence-corrected chi connectivity index (χ1v) is 12.3. The largest absolute Gasteiger partial charge is 0.441 e. The molecule has 36 heavy (non-hydrogen) atoms. The van der Waals surface area contributed by atoms with Crippen LogP contribution < -0.4 is 0 Å². The third kappa shape index (κ3) is 8.94. The predicted molar refractivity (Wildman–Crippen MR) is 146 cm³/mol. The molecule has 5 aromatic heterocycles. The lowest BCUT2D eigenvalue weighted by Gasteiger charge is -1.79. The topological polar surface area (TPSA) is 104 Å². The van der Waals surface area contributed by atoms with Crippen LogP contribution in [0.4, 0.5) is 0 Å². The third-order valence-corrected chi connectivity index (χ3v) is 3.95. The van der Waals surface area contributed by atoms with E-state index in [4.69, 9.17) is 13.3 Å². The Bertz CT molecular complexity index is 1130. The number of oxazole rings is 3. The summed E-state index contributed by atoms with van der Waals surface area (Å²) in [6.45, 7) is 17.5. The van der Waals surface area contributed by atoms with Crippen molar-refractivity contribution in [2.45, 2.75) is 62.3 Å². The van der Waals surface area contributed by atoms with Gasteiger partial charge >= 0.3 is 0 Å². The molecule has 0 saturated carbocycles. The van der Waals surface area contributed by atoms with Gasteiger partial charge in [-0.25, -0.2) is 19.9 Å². The molecule has 0 N–H and O–H groups in total. The van der Waals surface area contributed by atoms with Crippen molar-refractivity contribution in [2.24, 2.45) is 0 Å². The Balaban J connectivity index is 0.000000244. The lowest BCUT2D eigenvalue weighted by atomic mass is 10.3. The summed E-state index contributed by atoms with van der Waals surface area (Å²) in [5, 5.41) is 0. The van der Waals surface area contributed by atoms with Gasteiger partial charge in [0, 0.05) is 33.2 Å². The highest BCUT2D eigenvalue weighted by atomic mass is 16.4. The number of fused-ring (bicyclic) bond motifs is 3. The van der Waals surface area contributed by atoms with Gasteiger partial charge in [0.15, 0.2) is 34.5 Å². The molecule has 6 rings (SSSR count). The van der Waals surface area contributed by atoms with Crippen LogP contribution in [0.15, 0.2) is 74.2 Å². The van der Waals surface area contributed by atoms with Crippen molar-refractivity contribution >= 4 is 33.6 Å². The monoisotopic (exact) mass is 491 g/mol. The van der Waals surface area contributed by atoms with E-state index >= 15 is 0 Å². The van der Waals surface area contributed by atoms with E-state index in [-0.39, 0.29) is 0 Å². The molecule has 0 atom stereocenters. The van der Waals surface area contributed by atoms with Crippen LogP contribution in [-0.2, 0) is 0 Å². The molecule has 0 saturated heterocycles. The molecular weight excluding hydrogens is 454 g/mol. The van der Waals surface area contributed by atoms with E-state index in [0.29, 0.717) is 23.1 Å². The van der Waals surface area contributed by atoms with Gasteiger partial charge in [-0.1, -0.05) is 53.7 Å². The molecule has 0 aliphatic rings. The van der Waals surface area contributed by atoms with Crippen LogP contribution >= 0.6 is 0 Å². The number of nitrogens with zero attached hydrogens (tertiary/aromatic N) is 5. The lowest BCUT2D eigenvalue weighted by Crippen LogP contribution is -1.72. The van der Waals surface area contributed by atoms with E-state index in [9.17, 15) is 0 Å². The average Bonchev–Trinajstić information content (AvgIpc) is 3.61. The number of aromatic nitrogens is 5. The second kappa shape index (κ2) is 16.5. The van der Waals surface area contributed by atoms with Gasteiger partial charge in [0.05, 0.1) is 0 Å². The highest BCUT2D eigenvalue weighted by Crippen LogP contribution is 2.13. The number of hydrogen-bond acceptors (Lipinski definition) is 8. The number of aryl methyl sites for hydroxylation is 3. The Hall–Kier alpha value is -4.07. The summed E-state index contributed by atoms with van der Waals surface area (Å²) in [4.78, 5) is 20.2. The fourth-order valence-corrected chi connectivity index (χ4v) is 2.74. The van der Waals surface area contributed by atoms with Crippen LogP contribution in [0, 0.1) is 20.8 Å². The molecule has 0 spiro atoms. The lowest BCUT2D eigenvalue weighted by molar-refractivity contribution is 0.551. The maximum Gasteiger partial charge on any atom is 0.246 e. The van der Waals surface area contributed by atoms with Gasteiger partial charge in [-0.15, -0.1) is 0 Å². The molecular formula is C28H37N5O3. The molecule has 8 nitrogen and oxygen atoms in total. The summed E-state index contributed by atoms with van der Waals surface area (Å²) in [5.74, 6) is 2.05. The van der Waals surface area contributed by atoms with Crippen molar-refractivity contribution < 1.29 is 13.3 Å². The summed E-state index contributed by atoms with van der Waals surface area (Å²) in [7, 11) is 0. The van der Waals surface area contributed by atoms with E-state index in [0.717, 1.165) is 28.1 Å². The molecule has 0 aliphatic heterocycles. The summed E-state index contributed by atoms with van der Waals surface area (Å²) in [5.41, 5.74) is 4.65. The standard InChI is InChI=1S/C8H7NO.2C7H6N2O.3C2H6/c1-6-9-7-4-2-3-5-8(7)10-6;1-5-9-7-6(10-5)3-2-4-8-7;1-5-9-6-3-2-4-8-7(6)10-5;3*1-2/h2-5H,1H3;2*2-4H,1H3;3*1-2H3. The van der Waals surface area contributed by atoms with E-state index in [1.165, 1.54) is 0 Å². The van der Waals surface area contributed by atoms with E-state index in [2.05, 4.69) is 24.9 Å². The second-order valence-corrected chi connectivity index (χ2v) is 6.32. The molecule has 6 aromatic rings. The Kier molecular flexibility index (Phi) is 13.8. The van der Waals surface area contributed by atoms with Gasteiger partial charge in [0.25, 0.3) is 0 Å². The van der Waals surface area contributed by atoms with Gasteiger partial charge < -0.3 is 13.3 Å². The molecule has 1 aromatic carbocycles. The van der Waals surface area contributed by atoms with Crippen LogP contribution in [0.25, 0.3) is 33.6 Å². The molecule has 0 amide bonds. The molecule has 5 heterocycles. The fraction of sp³-hybridized carbons (Fsp3) is 0.321. The summed E-state index contributed by atoms with van der Waals surface area (Å²) in [6, 6.07) is 15.1. The van der Waals surface area contributed by atoms with Gasteiger partial charge in [0.1, 0.15) is 11.0 Å². The summed E-state index contributed by atoms with van der Waals surface area (Å²) in [6.07, 6.45) is 3.39. The molecule has 8 heteroatoms. The first-order valence-electron chi connectivity index (χ1n) is 12.3. The highest BCUT2D eigenvalue weighted by Gasteiger charge is 2.00. The normalized spacial score (nSPS) is 9.25. The maximum absolute atomic E-state index is 5.26. The van der Waals surface area contributed by atoms with Crippen LogP contribution in [-0.4, -0.2) is 24.9 Å². The van der Waals surface area contributed by atoms with Crippen molar-refractivity contribution in [3.8, 4) is 0 Å². The Morgan fingerprint density at radius 1 is 0.500 bits per heavy atom. The van der Waals surface area contributed by atoms with Crippen molar-refractivity contribution in [1.82, 2.24) is 24.9 Å². The number of hydrogen-bond donors (Lipinski definition) is 0. The number of para-hydroxylation sites is 2. The fourth-order valence-electron chi connectivity index (χ4n) is 2.74. The van der Waals surface area contributed by atoms with Crippen molar-refractivity contribution in [3.05, 3.63) is 78.6 Å². The summed E-state index contributed by atoms with van der Waals surface area (Å²) < 4.78 is 15.6. The molecule has 0 bridgehead atoms.